The first-order valence-corrected chi connectivity index (χ1v) is 6.36. The fourth-order valence-electron chi connectivity index (χ4n) is 1.85. The van der Waals surface area contributed by atoms with Crippen LogP contribution in [0.15, 0.2) is 0 Å². The van der Waals surface area contributed by atoms with E-state index in [1.54, 1.807) is 4.90 Å². The van der Waals surface area contributed by atoms with Gasteiger partial charge in [-0.2, -0.15) is 0 Å². The Morgan fingerprint density at radius 1 is 1.42 bits per heavy atom. The standard InChI is InChI=1S/C11H21N5O3/c1-2-3-14-11(19)15-9(17)7-16-5-4-13-6-8(16)10(12)18/h8,13H,2-7H2,1H3,(H2,12,18)(H2,14,15,17,19). The van der Waals surface area contributed by atoms with Crippen LogP contribution in [-0.4, -0.2) is 61.5 Å². The molecule has 19 heavy (non-hydrogen) atoms. The molecule has 0 aromatic carbocycles. The normalized spacial score (nSPS) is 19.7. The maximum atomic E-state index is 11.7. The Morgan fingerprint density at radius 3 is 2.79 bits per heavy atom. The van der Waals surface area contributed by atoms with E-state index in [0.717, 1.165) is 6.42 Å². The van der Waals surface area contributed by atoms with Crippen LogP contribution in [0, 0.1) is 0 Å². The van der Waals surface area contributed by atoms with Gasteiger partial charge in [-0.1, -0.05) is 6.92 Å². The molecule has 1 unspecified atom stereocenters. The highest BCUT2D eigenvalue weighted by atomic mass is 16.2. The van der Waals surface area contributed by atoms with Gasteiger partial charge in [-0.15, -0.1) is 0 Å². The Bertz CT molecular complexity index is 347. The lowest BCUT2D eigenvalue weighted by molar-refractivity contribution is -0.127. The Kier molecular flexibility index (Phi) is 6.23. The molecular formula is C11H21N5O3. The fourth-order valence-corrected chi connectivity index (χ4v) is 1.85. The van der Waals surface area contributed by atoms with Crippen molar-refractivity contribution >= 4 is 17.8 Å². The summed E-state index contributed by atoms with van der Waals surface area (Å²) in [4.78, 5) is 35.9. The number of hydrogen-bond donors (Lipinski definition) is 4. The van der Waals surface area contributed by atoms with Crippen LogP contribution < -0.4 is 21.7 Å². The summed E-state index contributed by atoms with van der Waals surface area (Å²) in [6, 6.07) is -1.03. The van der Waals surface area contributed by atoms with Gasteiger partial charge in [0.05, 0.1) is 6.54 Å². The number of carbonyl (C=O) groups excluding carboxylic acids is 3. The Hall–Kier alpha value is -1.67. The first-order valence-electron chi connectivity index (χ1n) is 6.36. The summed E-state index contributed by atoms with van der Waals surface area (Å²) in [5.74, 6) is -0.919. The van der Waals surface area contributed by atoms with Crippen molar-refractivity contribution < 1.29 is 14.4 Å². The van der Waals surface area contributed by atoms with E-state index in [1.165, 1.54) is 0 Å². The maximum absolute atomic E-state index is 11.7. The van der Waals surface area contributed by atoms with Crippen molar-refractivity contribution in [1.29, 1.82) is 0 Å². The second-order valence-corrected chi connectivity index (χ2v) is 4.40. The maximum Gasteiger partial charge on any atom is 0.321 e. The number of piperazine rings is 1. The molecule has 0 aliphatic carbocycles. The van der Waals surface area contributed by atoms with Gasteiger partial charge in [0.2, 0.25) is 11.8 Å². The average molecular weight is 271 g/mol. The Balaban J connectivity index is 2.41. The van der Waals surface area contributed by atoms with Crippen LogP contribution in [0.2, 0.25) is 0 Å². The van der Waals surface area contributed by atoms with Crippen LogP contribution in [0.3, 0.4) is 0 Å². The zero-order valence-corrected chi connectivity index (χ0v) is 11.1. The lowest BCUT2D eigenvalue weighted by atomic mass is 10.2. The topological polar surface area (TPSA) is 117 Å². The molecule has 0 aromatic rings. The third kappa shape index (κ3) is 5.23. The molecule has 1 rings (SSSR count). The summed E-state index contributed by atoms with van der Waals surface area (Å²) < 4.78 is 0. The fraction of sp³-hybridized carbons (Fsp3) is 0.727. The monoisotopic (exact) mass is 271 g/mol. The van der Waals surface area contributed by atoms with Crippen molar-refractivity contribution in [2.45, 2.75) is 19.4 Å². The van der Waals surface area contributed by atoms with Gasteiger partial charge in [0.15, 0.2) is 0 Å². The van der Waals surface area contributed by atoms with Crippen LogP contribution in [0.1, 0.15) is 13.3 Å². The molecule has 1 aliphatic rings. The van der Waals surface area contributed by atoms with E-state index in [0.29, 0.717) is 26.2 Å². The van der Waals surface area contributed by atoms with E-state index < -0.39 is 23.9 Å². The zero-order chi connectivity index (χ0) is 14.3. The molecule has 0 spiro atoms. The molecule has 108 valence electrons. The number of nitrogens with one attached hydrogen (secondary N) is 3. The molecule has 1 heterocycles. The predicted octanol–water partition coefficient (Wildman–Crippen LogP) is -2.02. The van der Waals surface area contributed by atoms with Crippen molar-refractivity contribution in [2.24, 2.45) is 5.73 Å². The number of imide groups is 1. The Labute approximate surface area is 112 Å². The van der Waals surface area contributed by atoms with E-state index in [4.69, 9.17) is 5.73 Å². The van der Waals surface area contributed by atoms with Gasteiger partial charge in [0.1, 0.15) is 6.04 Å². The van der Waals surface area contributed by atoms with E-state index in [-0.39, 0.29) is 6.54 Å². The number of amides is 4. The third-order valence-corrected chi connectivity index (χ3v) is 2.82. The van der Waals surface area contributed by atoms with Crippen molar-refractivity contribution in [2.75, 3.05) is 32.7 Å². The van der Waals surface area contributed by atoms with Gasteiger partial charge in [-0.3, -0.25) is 19.8 Å². The zero-order valence-electron chi connectivity index (χ0n) is 11.1. The van der Waals surface area contributed by atoms with Crippen LogP contribution in [0.25, 0.3) is 0 Å². The SMILES string of the molecule is CCCNC(=O)NC(=O)CN1CCNCC1C(N)=O. The highest BCUT2D eigenvalue weighted by Crippen LogP contribution is 2.01. The molecule has 5 N–H and O–H groups in total. The number of carbonyl (C=O) groups is 3. The molecule has 0 radical (unpaired) electrons. The van der Waals surface area contributed by atoms with E-state index in [2.05, 4.69) is 16.0 Å². The second-order valence-electron chi connectivity index (χ2n) is 4.40. The number of primary amides is 1. The van der Waals surface area contributed by atoms with Crippen LogP contribution in [-0.2, 0) is 9.59 Å². The summed E-state index contributed by atoms with van der Waals surface area (Å²) >= 11 is 0. The average Bonchev–Trinajstić information content (AvgIpc) is 2.36. The second kappa shape index (κ2) is 7.70. The number of hydrogen-bond acceptors (Lipinski definition) is 5. The number of rotatable bonds is 5. The molecule has 0 aromatic heterocycles. The van der Waals surface area contributed by atoms with E-state index >= 15 is 0 Å². The number of urea groups is 1. The van der Waals surface area contributed by atoms with Gasteiger partial charge < -0.3 is 16.4 Å². The highest BCUT2D eigenvalue weighted by Gasteiger charge is 2.28. The molecule has 1 fully saturated rings. The predicted molar refractivity (Wildman–Crippen MR) is 69.3 cm³/mol. The summed E-state index contributed by atoms with van der Waals surface area (Å²) in [7, 11) is 0. The molecule has 8 heteroatoms. The lowest BCUT2D eigenvalue weighted by Gasteiger charge is -2.33. The van der Waals surface area contributed by atoms with Gasteiger partial charge in [-0.05, 0) is 6.42 Å². The number of nitrogens with two attached hydrogens (primary N) is 1. The molecular weight excluding hydrogens is 250 g/mol. The Morgan fingerprint density at radius 2 is 2.16 bits per heavy atom. The quantitative estimate of drug-likeness (QED) is 0.460. The van der Waals surface area contributed by atoms with Crippen LogP contribution in [0.4, 0.5) is 4.79 Å². The smallest absolute Gasteiger partial charge is 0.321 e. The molecule has 1 atom stereocenters. The van der Waals surface area contributed by atoms with Crippen molar-refractivity contribution in [1.82, 2.24) is 20.9 Å². The summed E-state index contributed by atoms with van der Waals surface area (Å²) in [6.45, 7) is 4.05. The first-order chi connectivity index (χ1) is 9.04. The summed E-state index contributed by atoms with van der Waals surface area (Å²) in [6.07, 6.45) is 0.795. The lowest BCUT2D eigenvalue weighted by Crippen LogP contribution is -2.59. The van der Waals surface area contributed by atoms with E-state index in [1.807, 2.05) is 6.92 Å². The van der Waals surface area contributed by atoms with Crippen molar-refractivity contribution in [3.8, 4) is 0 Å². The third-order valence-electron chi connectivity index (χ3n) is 2.82. The van der Waals surface area contributed by atoms with Crippen molar-refractivity contribution in [3.05, 3.63) is 0 Å². The molecule has 1 aliphatic heterocycles. The highest BCUT2D eigenvalue weighted by molar-refractivity contribution is 5.95. The minimum Gasteiger partial charge on any atom is -0.368 e. The van der Waals surface area contributed by atoms with Gasteiger partial charge in [0.25, 0.3) is 0 Å². The largest absolute Gasteiger partial charge is 0.368 e. The molecule has 1 saturated heterocycles. The first kappa shape index (κ1) is 15.4. The molecule has 4 amide bonds. The van der Waals surface area contributed by atoms with Gasteiger partial charge in [-0.25, -0.2) is 4.79 Å². The van der Waals surface area contributed by atoms with E-state index in [9.17, 15) is 14.4 Å². The number of nitrogens with zero attached hydrogens (tertiary/aromatic N) is 1. The molecule has 0 bridgehead atoms. The van der Waals surface area contributed by atoms with Gasteiger partial charge in [0, 0.05) is 26.2 Å². The minimum absolute atomic E-state index is 0.0190. The van der Waals surface area contributed by atoms with Gasteiger partial charge >= 0.3 is 6.03 Å². The van der Waals surface area contributed by atoms with Crippen LogP contribution in [0.5, 0.6) is 0 Å². The molecule has 8 nitrogen and oxygen atoms in total. The van der Waals surface area contributed by atoms with Crippen molar-refractivity contribution in [3.63, 3.8) is 0 Å². The summed E-state index contributed by atoms with van der Waals surface area (Å²) in [5, 5.41) is 7.79. The molecule has 0 saturated carbocycles. The minimum atomic E-state index is -0.516. The van der Waals surface area contributed by atoms with Crippen LogP contribution >= 0.6 is 0 Å². The summed E-state index contributed by atoms with van der Waals surface area (Å²) in [5.41, 5.74) is 5.27.